The lowest BCUT2D eigenvalue weighted by Gasteiger charge is -2.14. The zero-order valence-corrected chi connectivity index (χ0v) is 11.4. The highest BCUT2D eigenvalue weighted by molar-refractivity contribution is 9.10. The minimum Gasteiger partial charge on any atom is -0.380 e. The predicted molar refractivity (Wildman–Crippen MR) is 72.8 cm³/mol. The molecule has 0 bridgehead atoms. The van der Waals surface area contributed by atoms with Gasteiger partial charge in [0.05, 0.1) is 11.3 Å². The molecule has 1 aromatic carbocycles. The monoisotopic (exact) mass is 296 g/mol. The lowest BCUT2D eigenvalue weighted by atomic mass is 10.1. The summed E-state index contributed by atoms with van der Waals surface area (Å²) in [5, 5.41) is 13.2. The zero-order chi connectivity index (χ0) is 11.5. The van der Waals surface area contributed by atoms with Gasteiger partial charge in [-0.05, 0) is 24.6 Å². The molecule has 1 N–H and O–H groups in total. The molecule has 1 saturated heterocycles. The Balaban J connectivity index is 2.12. The summed E-state index contributed by atoms with van der Waals surface area (Å²) in [4.78, 5) is 0. The largest absolute Gasteiger partial charge is 0.380 e. The molecule has 1 heterocycles. The maximum atomic E-state index is 9.05. The number of hydrogen-bond acceptors (Lipinski definition) is 3. The fourth-order valence-electron chi connectivity index (χ4n) is 1.87. The van der Waals surface area contributed by atoms with Crippen LogP contribution in [0.1, 0.15) is 18.9 Å². The molecule has 2 atom stereocenters. The van der Waals surface area contributed by atoms with Crippen LogP contribution in [-0.4, -0.2) is 17.0 Å². The lowest BCUT2D eigenvalue weighted by molar-refractivity contribution is 0.747. The fourth-order valence-corrected chi connectivity index (χ4v) is 3.38. The molecule has 2 unspecified atom stereocenters. The fraction of sp³-hybridized carbons (Fsp3) is 0.417. The molecule has 1 aliphatic rings. The second-order valence-electron chi connectivity index (χ2n) is 4.02. The number of benzene rings is 1. The van der Waals surface area contributed by atoms with Crippen LogP contribution in [0.2, 0.25) is 0 Å². The van der Waals surface area contributed by atoms with Crippen LogP contribution in [0.15, 0.2) is 22.7 Å². The third-order valence-electron chi connectivity index (χ3n) is 2.66. The Kier molecular flexibility index (Phi) is 3.78. The van der Waals surface area contributed by atoms with E-state index in [-0.39, 0.29) is 0 Å². The van der Waals surface area contributed by atoms with Gasteiger partial charge in [0.25, 0.3) is 0 Å². The first-order valence-corrected chi connectivity index (χ1v) is 7.11. The van der Waals surface area contributed by atoms with Crippen molar-refractivity contribution in [3.05, 3.63) is 28.2 Å². The number of thioether (sulfide) groups is 1. The SMILES string of the molecule is CC1CC(Nc2ccc(Br)cc2C#N)CS1. The summed E-state index contributed by atoms with van der Waals surface area (Å²) in [6.07, 6.45) is 1.17. The minimum atomic E-state index is 0.494. The van der Waals surface area contributed by atoms with E-state index >= 15 is 0 Å². The number of anilines is 1. The van der Waals surface area contributed by atoms with Gasteiger partial charge < -0.3 is 5.32 Å². The average Bonchev–Trinajstić information content (AvgIpc) is 2.67. The number of nitrogens with one attached hydrogen (secondary N) is 1. The molecule has 84 valence electrons. The number of nitrogens with zero attached hydrogens (tertiary/aromatic N) is 1. The van der Waals surface area contributed by atoms with Crippen molar-refractivity contribution < 1.29 is 0 Å². The van der Waals surface area contributed by atoms with E-state index in [0.717, 1.165) is 21.2 Å². The topological polar surface area (TPSA) is 35.8 Å². The van der Waals surface area contributed by atoms with Gasteiger partial charge in [-0.2, -0.15) is 17.0 Å². The Morgan fingerprint density at radius 1 is 1.56 bits per heavy atom. The summed E-state index contributed by atoms with van der Waals surface area (Å²) < 4.78 is 0.948. The molecule has 16 heavy (non-hydrogen) atoms. The average molecular weight is 297 g/mol. The van der Waals surface area contributed by atoms with Crippen LogP contribution in [0.4, 0.5) is 5.69 Å². The van der Waals surface area contributed by atoms with Crippen molar-refractivity contribution in [3.8, 4) is 6.07 Å². The Morgan fingerprint density at radius 2 is 2.38 bits per heavy atom. The molecule has 1 fully saturated rings. The summed E-state index contributed by atoms with van der Waals surface area (Å²) in [6, 6.07) is 8.51. The highest BCUT2D eigenvalue weighted by Crippen LogP contribution is 2.29. The highest BCUT2D eigenvalue weighted by atomic mass is 79.9. The third kappa shape index (κ3) is 2.72. The molecule has 0 radical (unpaired) electrons. The Morgan fingerprint density at radius 3 is 3.00 bits per heavy atom. The van der Waals surface area contributed by atoms with Crippen LogP contribution in [0.3, 0.4) is 0 Å². The molecule has 0 saturated carbocycles. The van der Waals surface area contributed by atoms with Crippen LogP contribution in [-0.2, 0) is 0 Å². The van der Waals surface area contributed by atoms with E-state index in [1.807, 2.05) is 30.0 Å². The maximum absolute atomic E-state index is 9.05. The molecule has 1 aliphatic heterocycles. The van der Waals surface area contributed by atoms with E-state index < -0.39 is 0 Å². The van der Waals surface area contributed by atoms with Crippen LogP contribution in [0, 0.1) is 11.3 Å². The van der Waals surface area contributed by atoms with Crippen LogP contribution < -0.4 is 5.32 Å². The quantitative estimate of drug-likeness (QED) is 0.905. The van der Waals surface area contributed by atoms with Crippen molar-refractivity contribution in [1.82, 2.24) is 0 Å². The van der Waals surface area contributed by atoms with Gasteiger partial charge in [0, 0.05) is 21.5 Å². The second kappa shape index (κ2) is 5.11. The Hall–Kier alpha value is -0.660. The molecule has 4 heteroatoms. The van der Waals surface area contributed by atoms with E-state index in [4.69, 9.17) is 5.26 Å². The van der Waals surface area contributed by atoms with Gasteiger partial charge in [-0.25, -0.2) is 0 Å². The zero-order valence-electron chi connectivity index (χ0n) is 9.03. The van der Waals surface area contributed by atoms with E-state index in [0.29, 0.717) is 11.6 Å². The molecular weight excluding hydrogens is 284 g/mol. The smallest absolute Gasteiger partial charge is 0.101 e. The van der Waals surface area contributed by atoms with Gasteiger partial charge in [-0.1, -0.05) is 22.9 Å². The molecule has 0 aromatic heterocycles. The molecule has 2 rings (SSSR count). The van der Waals surface area contributed by atoms with Crippen molar-refractivity contribution >= 4 is 33.4 Å². The minimum absolute atomic E-state index is 0.494. The first kappa shape index (κ1) is 11.8. The van der Waals surface area contributed by atoms with E-state index in [2.05, 4.69) is 34.2 Å². The van der Waals surface area contributed by atoms with E-state index in [1.54, 1.807) is 0 Å². The van der Waals surface area contributed by atoms with Crippen LogP contribution in [0.25, 0.3) is 0 Å². The molecule has 0 amide bonds. The third-order valence-corrected chi connectivity index (χ3v) is 4.51. The molecular formula is C12H13BrN2S. The van der Waals surface area contributed by atoms with Crippen LogP contribution >= 0.6 is 27.7 Å². The highest BCUT2D eigenvalue weighted by Gasteiger charge is 2.22. The van der Waals surface area contributed by atoms with E-state index in [1.165, 1.54) is 6.42 Å². The first-order chi connectivity index (χ1) is 7.69. The van der Waals surface area contributed by atoms with Crippen molar-refractivity contribution in [1.29, 1.82) is 5.26 Å². The standard InChI is InChI=1S/C12H13BrN2S/c1-8-4-11(7-16-8)15-12-3-2-10(13)5-9(12)6-14/h2-3,5,8,11,15H,4,7H2,1H3. The van der Waals surface area contributed by atoms with Gasteiger partial charge in [0.2, 0.25) is 0 Å². The second-order valence-corrected chi connectivity index (χ2v) is 6.41. The van der Waals surface area contributed by atoms with Gasteiger partial charge >= 0.3 is 0 Å². The molecule has 0 spiro atoms. The summed E-state index contributed by atoms with van der Waals surface area (Å²) in [7, 11) is 0. The number of halogens is 1. The maximum Gasteiger partial charge on any atom is 0.101 e. The Bertz CT molecular complexity index is 428. The van der Waals surface area contributed by atoms with Gasteiger partial charge in [0.15, 0.2) is 0 Å². The predicted octanol–water partition coefficient (Wildman–Crippen LogP) is 3.63. The van der Waals surface area contributed by atoms with Crippen molar-refractivity contribution in [3.63, 3.8) is 0 Å². The first-order valence-electron chi connectivity index (χ1n) is 5.27. The summed E-state index contributed by atoms with van der Waals surface area (Å²) in [5.41, 5.74) is 1.66. The van der Waals surface area contributed by atoms with Gasteiger partial charge in [-0.15, -0.1) is 0 Å². The van der Waals surface area contributed by atoms with Crippen molar-refractivity contribution in [2.75, 3.05) is 11.1 Å². The molecule has 0 aliphatic carbocycles. The van der Waals surface area contributed by atoms with E-state index in [9.17, 15) is 0 Å². The van der Waals surface area contributed by atoms with Gasteiger partial charge in [0.1, 0.15) is 6.07 Å². The normalized spacial score (nSPS) is 24.1. The number of rotatable bonds is 2. The number of nitriles is 1. The Labute approximate surface area is 109 Å². The summed E-state index contributed by atoms with van der Waals surface area (Å²) in [6.45, 7) is 2.25. The number of hydrogen-bond donors (Lipinski definition) is 1. The summed E-state index contributed by atoms with van der Waals surface area (Å²) in [5.74, 6) is 1.13. The molecule has 1 aromatic rings. The summed E-state index contributed by atoms with van der Waals surface area (Å²) >= 11 is 5.36. The molecule has 2 nitrogen and oxygen atoms in total. The van der Waals surface area contributed by atoms with Crippen molar-refractivity contribution in [2.45, 2.75) is 24.6 Å². The lowest BCUT2D eigenvalue weighted by Crippen LogP contribution is -2.19. The van der Waals surface area contributed by atoms with Crippen molar-refractivity contribution in [2.24, 2.45) is 0 Å². The van der Waals surface area contributed by atoms with Gasteiger partial charge in [-0.3, -0.25) is 0 Å². The van der Waals surface area contributed by atoms with Crippen LogP contribution in [0.5, 0.6) is 0 Å².